The van der Waals surface area contributed by atoms with Gasteiger partial charge in [-0.2, -0.15) is 0 Å². The summed E-state index contributed by atoms with van der Waals surface area (Å²) in [7, 11) is 1.63. The number of rotatable bonds is 1. The highest BCUT2D eigenvalue weighted by Crippen LogP contribution is 2.15. The van der Waals surface area contributed by atoms with E-state index in [0.717, 1.165) is 16.8 Å². The topological polar surface area (TPSA) is 35.0 Å². The van der Waals surface area contributed by atoms with Crippen LogP contribution in [0, 0.1) is 6.20 Å². The number of ether oxygens (including phenoxy) is 1. The third-order valence-corrected chi connectivity index (χ3v) is 1.63. The van der Waals surface area contributed by atoms with Crippen molar-refractivity contribution in [2.75, 3.05) is 7.11 Å². The number of aromatic nitrogens is 2. The van der Waals surface area contributed by atoms with Gasteiger partial charge in [-0.05, 0) is 12.1 Å². The lowest BCUT2D eigenvalue weighted by Crippen LogP contribution is -1.85. The second-order valence-corrected chi connectivity index (χ2v) is 2.35. The van der Waals surface area contributed by atoms with Crippen LogP contribution >= 0.6 is 0 Å². The highest BCUT2D eigenvalue weighted by molar-refractivity contribution is 5.75. The van der Waals surface area contributed by atoms with Crippen molar-refractivity contribution in [3.63, 3.8) is 0 Å². The Morgan fingerprint density at radius 2 is 2.25 bits per heavy atom. The first kappa shape index (κ1) is 7.03. The molecule has 1 heterocycles. The number of hydrogen-bond acceptors (Lipinski definition) is 3. The number of benzene rings is 1. The predicted octanol–water partition coefficient (Wildman–Crippen LogP) is 1.44. The van der Waals surface area contributed by atoms with Crippen molar-refractivity contribution in [2.24, 2.45) is 0 Å². The van der Waals surface area contributed by atoms with Crippen molar-refractivity contribution in [3.8, 4) is 5.75 Å². The van der Waals surface area contributed by atoms with E-state index >= 15 is 0 Å². The van der Waals surface area contributed by atoms with Gasteiger partial charge in [0.05, 0.1) is 24.3 Å². The molecule has 2 rings (SSSR count). The van der Waals surface area contributed by atoms with Gasteiger partial charge in [0.15, 0.2) is 0 Å². The summed E-state index contributed by atoms with van der Waals surface area (Å²) in [6.45, 7) is 0. The standard InChI is InChI=1S/C9H7N2O/c1-12-7-2-3-8-9(6-7)11-5-4-10-8/h2-4,6H,1H3. The summed E-state index contributed by atoms with van der Waals surface area (Å²) < 4.78 is 5.04. The van der Waals surface area contributed by atoms with Crippen molar-refractivity contribution in [2.45, 2.75) is 0 Å². The smallest absolute Gasteiger partial charge is 0.121 e. The zero-order valence-electron chi connectivity index (χ0n) is 6.61. The lowest BCUT2D eigenvalue weighted by molar-refractivity contribution is 0.415. The van der Waals surface area contributed by atoms with Crippen LogP contribution in [-0.2, 0) is 0 Å². The Labute approximate surface area is 70.0 Å². The highest BCUT2D eigenvalue weighted by atomic mass is 16.5. The number of methoxy groups -OCH3 is 1. The quantitative estimate of drug-likeness (QED) is 0.631. The molecule has 0 bridgehead atoms. The first-order valence-electron chi connectivity index (χ1n) is 3.57. The molecule has 0 aliphatic heterocycles. The Hall–Kier alpha value is -1.64. The SMILES string of the molecule is COc1ccc2nc[c]nc2c1. The molecule has 12 heavy (non-hydrogen) atoms. The van der Waals surface area contributed by atoms with Gasteiger partial charge in [0.25, 0.3) is 0 Å². The molecule has 0 aliphatic carbocycles. The predicted molar refractivity (Wildman–Crippen MR) is 44.9 cm³/mol. The molecule has 2 aromatic rings. The van der Waals surface area contributed by atoms with Gasteiger partial charge in [-0.3, -0.25) is 4.98 Å². The van der Waals surface area contributed by atoms with E-state index in [-0.39, 0.29) is 0 Å². The number of nitrogens with zero attached hydrogens (tertiary/aromatic N) is 2. The summed E-state index contributed by atoms with van der Waals surface area (Å²) in [5.74, 6) is 0.788. The van der Waals surface area contributed by atoms with Crippen LogP contribution in [0.5, 0.6) is 5.75 Å². The summed E-state index contributed by atoms with van der Waals surface area (Å²) in [4.78, 5) is 8.11. The van der Waals surface area contributed by atoms with E-state index in [2.05, 4.69) is 16.2 Å². The monoisotopic (exact) mass is 159 g/mol. The van der Waals surface area contributed by atoms with Crippen LogP contribution in [-0.4, -0.2) is 17.1 Å². The van der Waals surface area contributed by atoms with Crippen LogP contribution in [0.4, 0.5) is 0 Å². The molecule has 1 aromatic carbocycles. The Kier molecular flexibility index (Phi) is 1.63. The Balaban J connectivity index is 2.67. The third kappa shape index (κ3) is 1.09. The van der Waals surface area contributed by atoms with Crippen LogP contribution < -0.4 is 4.74 Å². The van der Waals surface area contributed by atoms with E-state index in [0.29, 0.717) is 0 Å². The van der Waals surface area contributed by atoms with E-state index < -0.39 is 0 Å². The molecule has 0 fully saturated rings. The van der Waals surface area contributed by atoms with Gasteiger partial charge in [-0.25, -0.2) is 4.98 Å². The molecule has 0 spiro atoms. The average molecular weight is 159 g/mol. The fourth-order valence-electron chi connectivity index (χ4n) is 1.03. The van der Waals surface area contributed by atoms with Gasteiger partial charge in [-0.15, -0.1) is 0 Å². The fourth-order valence-corrected chi connectivity index (χ4v) is 1.03. The molecule has 0 atom stereocenters. The van der Waals surface area contributed by atoms with Gasteiger partial charge >= 0.3 is 0 Å². The summed E-state index contributed by atoms with van der Waals surface area (Å²) >= 11 is 0. The molecule has 1 aromatic heterocycles. The van der Waals surface area contributed by atoms with Gasteiger partial charge in [0.1, 0.15) is 11.9 Å². The average Bonchev–Trinajstić information content (AvgIpc) is 2.17. The largest absolute Gasteiger partial charge is 0.497 e. The normalized spacial score (nSPS) is 10.1. The summed E-state index contributed by atoms with van der Waals surface area (Å²) in [5, 5.41) is 0. The molecular weight excluding hydrogens is 152 g/mol. The van der Waals surface area contributed by atoms with E-state index in [1.54, 1.807) is 13.3 Å². The molecule has 1 radical (unpaired) electrons. The minimum absolute atomic E-state index is 0.788. The van der Waals surface area contributed by atoms with Crippen molar-refractivity contribution in [1.29, 1.82) is 0 Å². The molecule has 59 valence electrons. The molecule has 0 N–H and O–H groups in total. The van der Waals surface area contributed by atoms with Crippen LogP contribution in [0.2, 0.25) is 0 Å². The van der Waals surface area contributed by atoms with E-state index in [9.17, 15) is 0 Å². The summed E-state index contributed by atoms with van der Waals surface area (Å²) in [6.07, 6.45) is 4.22. The zero-order chi connectivity index (χ0) is 8.39. The van der Waals surface area contributed by atoms with Crippen LogP contribution in [0.1, 0.15) is 0 Å². The fraction of sp³-hybridized carbons (Fsp3) is 0.111. The first-order chi connectivity index (χ1) is 5.90. The van der Waals surface area contributed by atoms with Crippen LogP contribution in [0.15, 0.2) is 24.4 Å². The Morgan fingerprint density at radius 3 is 3.08 bits per heavy atom. The summed E-state index contributed by atoms with van der Waals surface area (Å²) in [5.41, 5.74) is 1.66. The van der Waals surface area contributed by atoms with Crippen molar-refractivity contribution in [1.82, 2.24) is 9.97 Å². The molecule has 0 saturated heterocycles. The maximum absolute atomic E-state index is 5.04. The van der Waals surface area contributed by atoms with Crippen LogP contribution in [0.25, 0.3) is 11.0 Å². The van der Waals surface area contributed by atoms with Crippen molar-refractivity contribution < 1.29 is 4.74 Å². The van der Waals surface area contributed by atoms with Gasteiger partial charge in [0.2, 0.25) is 0 Å². The molecule has 0 unspecified atom stereocenters. The van der Waals surface area contributed by atoms with E-state index in [4.69, 9.17) is 4.74 Å². The maximum atomic E-state index is 5.04. The molecule has 3 nitrogen and oxygen atoms in total. The van der Waals surface area contributed by atoms with Gasteiger partial charge in [-0.1, -0.05) is 0 Å². The molecule has 3 heteroatoms. The minimum atomic E-state index is 0.788. The van der Waals surface area contributed by atoms with Crippen molar-refractivity contribution >= 4 is 11.0 Å². The second kappa shape index (κ2) is 2.77. The Morgan fingerprint density at radius 1 is 1.33 bits per heavy atom. The molecule has 0 saturated carbocycles. The highest BCUT2D eigenvalue weighted by Gasteiger charge is 1.96. The van der Waals surface area contributed by atoms with Gasteiger partial charge in [0, 0.05) is 6.07 Å². The minimum Gasteiger partial charge on any atom is -0.497 e. The lowest BCUT2D eigenvalue weighted by Gasteiger charge is -1.99. The van der Waals surface area contributed by atoms with E-state index in [1.807, 2.05) is 18.2 Å². The van der Waals surface area contributed by atoms with Crippen LogP contribution in [0.3, 0.4) is 0 Å². The third-order valence-electron chi connectivity index (χ3n) is 1.63. The van der Waals surface area contributed by atoms with Gasteiger partial charge < -0.3 is 4.74 Å². The number of fused-ring (bicyclic) bond motifs is 1. The number of hydrogen-bond donors (Lipinski definition) is 0. The second-order valence-electron chi connectivity index (χ2n) is 2.35. The maximum Gasteiger partial charge on any atom is 0.121 e. The summed E-state index contributed by atoms with van der Waals surface area (Å²) in [6, 6.07) is 5.56. The lowest BCUT2D eigenvalue weighted by atomic mass is 10.3. The molecular formula is C9H7N2O. The molecule has 0 aliphatic rings. The van der Waals surface area contributed by atoms with Crippen molar-refractivity contribution in [3.05, 3.63) is 30.6 Å². The van der Waals surface area contributed by atoms with E-state index in [1.165, 1.54) is 0 Å². The molecule has 0 amide bonds. The first-order valence-corrected chi connectivity index (χ1v) is 3.57. The Bertz CT molecular complexity index is 400. The zero-order valence-corrected chi connectivity index (χ0v) is 6.61.